The van der Waals surface area contributed by atoms with Crippen molar-refractivity contribution >= 4 is 39.4 Å². The third-order valence-electron chi connectivity index (χ3n) is 4.70. The van der Waals surface area contributed by atoms with E-state index in [9.17, 15) is 23.3 Å². The second kappa shape index (κ2) is 11.0. The Kier molecular flexibility index (Phi) is 8.11. The first-order chi connectivity index (χ1) is 16.1. The predicted octanol–water partition coefficient (Wildman–Crippen LogP) is 3.90. The summed E-state index contributed by atoms with van der Waals surface area (Å²) in [6.07, 6.45) is 1.24. The lowest BCUT2D eigenvalue weighted by molar-refractivity contribution is -0.384. The number of non-ortho nitro benzene ring substituents is 1. The minimum atomic E-state index is -4.03. The number of nitrogens with one attached hydrogen (secondary N) is 1. The molecule has 0 aliphatic heterocycles. The normalized spacial score (nSPS) is 11.6. The van der Waals surface area contributed by atoms with Crippen molar-refractivity contribution in [3.8, 4) is 0 Å². The van der Waals surface area contributed by atoms with E-state index in [0.29, 0.717) is 16.1 Å². The van der Waals surface area contributed by atoms with Crippen LogP contribution >= 0.6 is 11.6 Å². The van der Waals surface area contributed by atoms with Crippen LogP contribution in [-0.2, 0) is 21.4 Å². The third kappa shape index (κ3) is 6.70. The van der Waals surface area contributed by atoms with E-state index in [1.54, 1.807) is 18.2 Å². The molecule has 0 saturated heterocycles. The van der Waals surface area contributed by atoms with Crippen LogP contribution in [0.1, 0.15) is 16.7 Å². The lowest BCUT2D eigenvalue weighted by Gasteiger charge is -2.21. The summed E-state index contributed by atoms with van der Waals surface area (Å²) in [7, 11) is -4.03. The summed E-state index contributed by atoms with van der Waals surface area (Å²) in [6.45, 7) is 1.36. The Morgan fingerprint density at radius 3 is 2.50 bits per heavy atom. The molecular weight excluding hydrogens is 480 g/mol. The Bertz CT molecular complexity index is 1330. The fourth-order valence-corrected chi connectivity index (χ4v) is 4.60. The van der Waals surface area contributed by atoms with Crippen molar-refractivity contribution in [2.45, 2.75) is 18.4 Å². The average molecular weight is 501 g/mol. The van der Waals surface area contributed by atoms with E-state index in [1.807, 2.05) is 19.1 Å². The average Bonchev–Trinajstić information content (AvgIpc) is 2.79. The van der Waals surface area contributed by atoms with Crippen molar-refractivity contribution in [2.24, 2.45) is 5.10 Å². The molecule has 0 radical (unpaired) electrons. The number of nitro benzene ring substituents is 1. The van der Waals surface area contributed by atoms with Gasteiger partial charge in [-0.1, -0.05) is 53.6 Å². The standard InChI is InChI=1S/C23H21ClN4O5S/c1-17-4-2-6-19(12-17)15-27(34(32,33)22-10-8-20(24)9-11-22)16-23(29)26-25-14-18-5-3-7-21(13-18)28(30)31/h2-14H,15-16H2,1H3,(H,26,29)/b25-14-. The first-order valence-corrected chi connectivity index (χ1v) is 11.8. The molecule has 0 unspecified atom stereocenters. The highest BCUT2D eigenvalue weighted by molar-refractivity contribution is 7.89. The molecule has 0 aromatic heterocycles. The number of carbonyl (C=O) groups is 1. The highest BCUT2D eigenvalue weighted by Crippen LogP contribution is 2.21. The Hall–Kier alpha value is -3.60. The molecule has 0 heterocycles. The zero-order valence-electron chi connectivity index (χ0n) is 18.1. The molecule has 0 saturated carbocycles. The molecule has 3 aromatic rings. The van der Waals surface area contributed by atoms with E-state index in [4.69, 9.17) is 11.6 Å². The number of halogens is 1. The first-order valence-electron chi connectivity index (χ1n) is 10.0. The second-order valence-electron chi connectivity index (χ2n) is 7.36. The van der Waals surface area contributed by atoms with Crippen LogP contribution in [0.4, 0.5) is 5.69 Å². The van der Waals surface area contributed by atoms with Crippen molar-refractivity contribution in [3.63, 3.8) is 0 Å². The molecule has 9 nitrogen and oxygen atoms in total. The summed E-state index contributed by atoms with van der Waals surface area (Å²) in [5.41, 5.74) is 4.22. The maximum absolute atomic E-state index is 13.3. The van der Waals surface area contributed by atoms with Crippen LogP contribution in [0, 0.1) is 17.0 Å². The van der Waals surface area contributed by atoms with Gasteiger partial charge in [-0.05, 0) is 36.8 Å². The largest absolute Gasteiger partial charge is 0.272 e. The molecule has 0 aliphatic rings. The van der Waals surface area contributed by atoms with Gasteiger partial charge in [0.05, 0.1) is 22.6 Å². The summed E-state index contributed by atoms with van der Waals surface area (Å²) in [6, 6.07) is 18.7. The second-order valence-corrected chi connectivity index (χ2v) is 9.74. The summed E-state index contributed by atoms with van der Waals surface area (Å²) in [5.74, 6) is -0.674. The van der Waals surface area contributed by atoms with Gasteiger partial charge in [0, 0.05) is 29.3 Å². The van der Waals surface area contributed by atoms with E-state index in [2.05, 4.69) is 10.5 Å². The van der Waals surface area contributed by atoms with Gasteiger partial charge < -0.3 is 0 Å². The Labute approximate surface area is 201 Å². The highest BCUT2D eigenvalue weighted by atomic mass is 35.5. The molecular formula is C23H21ClN4O5S. The van der Waals surface area contributed by atoms with Crippen LogP contribution in [0.3, 0.4) is 0 Å². The number of carbonyl (C=O) groups excluding carboxylic acids is 1. The monoisotopic (exact) mass is 500 g/mol. The molecule has 11 heteroatoms. The van der Waals surface area contributed by atoms with Crippen LogP contribution < -0.4 is 5.43 Å². The molecule has 3 rings (SSSR count). The van der Waals surface area contributed by atoms with E-state index < -0.39 is 27.4 Å². The number of nitro groups is 1. The van der Waals surface area contributed by atoms with E-state index >= 15 is 0 Å². The first kappa shape index (κ1) is 25.0. The quantitative estimate of drug-likeness (QED) is 0.271. The fourth-order valence-electron chi connectivity index (χ4n) is 3.09. The minimum Gasteiger partial charge on any atom is -0.272 e. The number of hydrogen-bond acceptors (Lipinski definition) is 6. The van der Waals surface area contributed by atoms with Crippen molar-refractivity contribution < 1.29 is 18.1 Å². The molecule has 0 bridgehead atoms. The van der Waals surface area contributed by atoms with Gasteiger partial charge in [0.15, 0.2) is 0 Å². The van der Waals surface area contributed by atoms with Gasteiger partial charge in [0.25, 0.3) is 11.6 Å². The lowest BCUT2D eigenvalue weighted by Crippen LogP contribution is -2.39. The number of amides is 1. The summed E-state index contributed by atoms with van der Waals surface area (Å²) in [5, 5.41) is 15.1. The van der Waals surface area contributed by atoms with Crippen LogP contribution in [0.5, 0.6) is 0 Å². The van der Waals surface area contributed by atoms with Gasteiger partial charge in [0.2, 0.25) is 10.0 Å². The van der Waals surface area contributed by atoms with E-state index in [0.717, 1.165) is 9.87 Å². The Balaban J connectivity index is 1.79. The zero-order valence-corrected chi connectivity index (χ0v) is 19.7. The smallest absolute Gasteiger partial charge is 0.270 e. The molecule has 176 valence electrons. The van der Waals surface area contributed by atoms with Crippen molar-refractivity contribution in [1.29, 1.82) is 0 Å². The van der Waals surface area contributed by atoms with Gasteiger partial charge in [-0.15, -0.1) is 0 Å². The van der Waals surface area contributed by atoms with E-state index in [1.165, 1.54) is 48.7 Å². The SMILES string of the molecule is Cc1cccc(CN(CC(=O)N/N=C\c2cccc([N+](=O)[O-])c2)S(=O)(=O)c2ccc(Cl)cc2)c1. The van der Waals surface area contributed by atoms with Crippen LogP contribution in [-0.4, -0.2) is 36.3 Å². The van der Waals surface area contributed by atoms with Crippen molar-refractivity contribution in [3.05, 3.63) is 105 Å². The lowest BCUT2D eigenvalue weighted by atomic mass is 10.1. The number of rotatable bonds is 9. The summed E-state index contributed by atoms with van der Waals surface area (Å²) in [4.78, 5) is 22.9. The van der Waals surface area contributed by atoms with Crippen LogP contribution in [0.2, 0.25) is 5.02 Å². The number of nitrogens with zero attached hydrogens (tertiary/aromatic N) is 3. The maximum atomic E-state index is 13.3. The third-order valence-corrected chi connectivity index (χ3v) is 6.75. The minimum absolute atomic E-state index is 0.00236. The zero-order chi connectivity index (χ0) is 24.7. The van der Waals surface area contributed by atoms with E-state index in [-0.39, 0.29) is 17.1 Å². The Morgan fingerprint density at radius 2 is 1.82 bits per heavy atom. The number of benzene rings is 3. The molecule has 34 heavy (non-hydrogen) atoms. The maximum Gasteiger partial charge on any atom is 0.270 e. The molecule has 0 spiro atoms. The van der Waals surface area contributed by atoms with Crippen molar-refractivity contribution in [2.75, 3.05) is 6.54 Å². The highest BCUT2D eigenvalue weighted by Gasteiger charge is 2.27. The van der Waals surface area contributed by atoms with Gasteiger partial charge in [-0.3, -0.25) is 14.9 Å². The summed E-state index contributed by atoms with van der Waals surface area (Å²) >= 11 is 5.88. The fraction of sp³-hybridized carbons (Fsp3) is 0.130. The van der Waals surface area contributed by atoms with Crippen LogP contribution in [0.15, 0.2) is 82.8 Å². The molecule has 0 atom stereocenters. The van der Waals surface area contributed by atoms with Gasteiger partial charge in [-0.25, -0.2) is 13.8 Å². The van der Waals surface area contributed by atoms with Gasteiger partial charge in [-0.2, -0.15) is 9.41 Å². The van der Waals surface area contributed by atoms with Crippen molar-refractivity contribution in [1.82, 2.24) is 9.73 Å². The molecule has 0 fully saturated rings. The molecule has 1 N–H and O–H groups in total. The Morgan fingerprint density at radius 1 is 1.12 bits per heavy atom. The number of aryl methyl sites for hydroxylation is 1. The molecule has 0 aliphatic carbocycles. The number of hydrazone groups is 1. The predicted molar refractivity (Wildman–Crippen MR) is 129 cm³/mol. The number of hydrogen-bond donors (Lipinski definition) is 1. The molecule has 1 amide bonds. The number of sulfonamides is 1. The van der Waals surface area contributed by atoms with Gasteiger partial charge >= 0.3 is 0 Å². The summed E-state index contributed by atoms with van der Waals surface area (Å²) < 4.78 is 27.6. The molecule has 3 aromatic carbocycles. The van der Waals surface area contributed by atoms with Gasteiger partial charge in [0.1, 0.15) is 0 Å². The topological polar surface area (TPSA) is 122 Å². The van der Waals surface area contributed by atoms with Crippen LogP contribution in [0.25, 0.3) is 0 Å².